The van der Waals surface area contributed by atoms with Gasteiger partial charge in [-0.3, -0.25) is 0 Å². The number of methoxy groups -OCH3 is 1. The zero-order chi connectivity index (χ0) is 13.6. The molecule has 0 fully saturated rings. The maximum atomic E-state index is 11.7. The second-order valence-corrected chi connectivity index (χ2v) is 5.28. The second-order valence-electron chi connectivity index (χ2n) is 5.28. The molecule has 1 aromatic rings. The fraction of sp³-hybridized carbons (Fsp3) is 0.500. The van der Waals surface area contributed by atoms with Crippen LogP contribution in [-0.4, -0.2) is 51.9 Å². The van der Waals surface area contributed by atoms with E-state index in [9.17, 15) is 4.79 Å². The summed E-state index contributed by atoms with van der Waals surface area (Å²) >= 11 is 0. The van der Waals surface area contributed by atoms with Gasteiger partial charge < -0.3 is 14.0 Å². The normalized spacial score (nSPS) is 11.3. The van der Waals surface area contributed by atoms with Gasteiger partial charge in [0.2, 0.25) is 0 Å². The number of hydrogen-bond acceptors (Lipinski definition) is 3. The van der Waals surface area contributed by atoms with Crippen LogP contribution < -0.4 is 0 Å². The lowest BCUT2D eigenvalue weighted by Gasteiger charge is -2.23. The maximum Gasteiger partial charge on any atom is 0.338 e. The average molecular weight is 252 g/mol. The minimum Gasteiger partial charge on any atom is -0.456 e. The molecule has 0 aliphatic rings. The fourth-order valence-corrected chi connectivity index (χ4v) is 1.40. The maximum absolute atomic E-state index is 11.7. The quantitative estimate of drug-likeness (QED) is 0.571. The molecule has 0 N–H and O–H groups in total. The molecule has 4 nitrogen and oxygen atoms in total. The topological polar surface area (TPSA) is 35.5 Å². The summed E-state index contributed by atoms with van der Waals surface area (Å²) < 4.78 is 11.0. The van der Waals surface area contributed by atoms with E-state index in [0.717, 1.165) is 16.6 Å². The Morgan fingerprint density at radius 1 is 1.17 bits per heavy atom. The Labute approximate surface area is 109 Å². The summed E-state index contributed by atoms with van der Waals surface area (Å²) in [6.45, 7) is 1.78. The number of rotatable bonds is 6. The third kappa shape index (κ3) is 5.29. The van der Waals surface area contributed by atoms with Crippen LogP contribution in [0.15, 0.2) is 24.3 Å². The van der Waals surface area contributed by atoms with E-state index in [0.29, 0.717) is 18.8 Å². The van der Waals surface area contributed by atoms with Crippen molar-refractivity contribution in [3.8, 4) is 0 Å². The van der Waals surface area contributed by atoms with Gasteiger partial charge in [0.05, 0.1) is 33.3 Å². The predicted molar refractivity (Wildman–Crippen MR) is 70.3 cm³/mol. The Hall–Kier alpha value is -1.39. The van der Waals surface area contributed by atoms with Crippen molar-refractivity contribution in [2.24, 2.45) is 0 Å². The molecular formula is C14H22NO3+. The van der Waals surface area contributed by atoms with Crippen molar-refractivity contribution in [2.75, 3.05) is 41.4 Å². The lowest BCUT2D eigenvalue weighted by atomic mass is 10.1. The molecule has 0 amide bonds. The lowest BCUT2D eigenvalue weighted by Crippen LogP contribution is -2.38. The minimum absolute atomic E-state index is 0.271. The first-order chi connectivity index (χ1) is 8.42. The van der Waals surface area contributed by atoms with Gasteiger partial charge in [0.15, 0.2) is 0 Å². The van der Waals surface area contributed by atoms with E-state index < -0.39 is 0 Å². The van der Waals surface area contributed by atoms with E-state index in [2.05, 4.69) is 21.1 Å². The van der Waals surface area contributed by atoms with Gasteiger partial charge in [0, 0.05) is 7.11 Å². The first-order valence-corrected chi connectivity index (χ1v) is 5.98. The highest BCUT2D eigenvalue weighted by Gasteiger charge is 2.11. The van der Waals surface area contributed by atoms with E-state index in [1.807, 2.05) is 12.1 Å². The number of esters is 1. The highest BCUT2D eigenvalue weighted by Crippen LogP contribution is 2.07. The predicted octanol–water partition coefficient (Wildman–Crippen LogP) is 1.70. The van der Waals surface area contributed by atoms with E-state index in [4.69, 9.17) is 9.47 Å². The van der Waals surface area contributed by atoms with Gasteiger partial charge in [0.1, 0.15) is 13.2 Å². The number of hydrogen-bond donors (Lipinski definition) is 0. The van der Waals surface area contributed by atoms with Crippen LogP contribution >= 0.6 is 0 Å². The van der Waals surface area contributed by atoms with Gasteiger partial charge in [-0.1, -0.05) is 12.1 Å². The summed E-state index contributed by atoms with van der Waals surface area (Å²) in [7, 11) is 7.83. The Balaban J connectivity index is 2.46. The highest BCUT2D eigenvalue weighted by atomic mass is 16.5. The van der Waals surface area contributed by atoms with Crippen LogP contribution in [0.25, 0.3) is 0 Å². The monoisotopic (exact) mass is 252 g/mol. The summed E-state index contributed by atoms with van der Waals surface area (Å²) in [5.41, 5.74) is 1.62. The van der Waals surface area contributed by atoms with Crippen molar-refractivity contribution in [1.29, 1.82) is 0 Å². The van der Waals surface area contributed by atoms with Crippen molar-refractivity contribution in [3.05, 3.63) is 35.4 Å². The van der Waals surface area contributed by atoms with Crippen LogP contribution in [0.3, 0.4) is 0 Å². The van der Waals surface area contributed by atoms with Crippen molar-refractivity contribution >= 4 is 5.97 Å². The third-order valence-electron chi connectivity index (χ3n) is 2.50. The molecule has 0 atom stereocenters. The largest absolute Gasteiger partial charge is 0.456 e. The first kappa shape index (κ1) is 14.7. The molecule has 0 spiro atoms. The van der Waals surface area contributed by atoms with Gasteiger partial charge in [-0.05, 0) is 17.7 Å². The van der Waals surface area contributed by atoms with E-state index >= 15 is 0 Å². The molecule has 0 saturated heterocycles. The molecule has 1 rings (SSSR count). The Bertz CT molecular complexity index is 379. The molecule has 1 aromatic carbocycles. The number of nitrogens with zero attached hydrogens (tertiary/aromatic N) is 1. The van der Waals surface area contributed by atoms with Crippen LogP contribution in [0, 0.1) is 0 Å². The molecule has 0 bridgehead atoms. The second kappa shape index (κ2) is 6.52. The van der Waals surface area contributed by atoms with Crippen LogP contribution in [-0.2, 0) is 16.1 Å². The zero-order valence-corrected chi connectivity index (χ0v) is 11.6. The number of likely N-dealkylation sites (N-methyl/N-ethyl adjacent to an activating group) is 1. The van der Waals surface area contributed by atoms with Gasteiger partial charge >= 0.3 is 5.97 Å². The molecule has 18 heavy (non-hydrogen) atoms. The Kier molecular flexibility index (Phi) is 5.31. The van der Waals surface area contributed by atoms with Gasteiger partial charge in [0.25, 0.3) is 0 Å². The molecular weight excluding hydrogens is 230 g/mol. The zero-order valence-electron chi connectivity index (χ0n) is 11.6. The molecule has 0 radical (unpaired) electrons. The average Bonchev–Trinajstić information content (AvgIpc) is 2.28. The molecule has 100 valence electrons. The van der Waals surface area contributed by atoms with Crippen molar-refractivity contribution in [3.63, 3.8) is 0 Å². The number of carbonyl (C=O) groups excluding carboxylic acids is 1. The summed E-state index contributed by atoms with van der Waals surface area (Å²) in [5.74, 6) is -0.271. The SMILES string of the molecule is COCc1ccc(C(=O)OCC[N+](C)(C)C)cc1. The third-order valence-corrected chi connectivity index (χ3v) is 2.50. The van der Waals surface area contributed by atoms with Crippen molar-refractivity contribution in [2.45, 2.75) is 6.61 Å². The Morgan fingerprint density at radius 2 is 1.78 bits per heavy atom. The first-order valence-electron chi connectivity index (χ1n) is 5.98. The molecule has 0 heterocycles. The fourth-order valence-electron chi connectivity index (χ4n) is 1.40. The number of quaternary nitrogens is 1. The summed E-state index contributed by atoms with van der Waals surface area (Å²) in [4.78, 5) is 11.7. The van der Waals surface area contributed by atoms with E-state index in [1.54, 1.807) is 19.2 Å². The highest BCUT2D eigenvalue weighted by molar-refractivity contribution is 5.89. The van der Waals surface area contributed by atoms with Gasteiger partial charge in [-0.15, -0.1) is 0 Å². The standard InChI is InChI=1S/C14H22NO3/c1-15(2,3)9-10-18-14(16)13-7-5-12(6-8-13)11-17-4/h5-8H,9-11H2,1-4H3/q+1. The number of benzene rings is 1. The van der Waals surface area contributed by atoms with Gasteiger partial charge in [-0.2, -0.15) is 0 Å². The summed E-state index contributed by atoms with van der Waals surface area (Å²) in [5, 5.41) is 0. The minimum atomic E-state index is -0.271. The lowest BCUT2D eigenvalue weighted by molar-refractivity contribution is -0.870. The number of ether oxygens (including phenoxy) is 2. The molecule has 0 aromatic heterocycles. The van der Waals surface area contributed by atoms with E-state index in [1.165, 1.54) is 0 Å². The molecule has 0 saturated carbocycles. The van der Waals surface area contributed by atoms with Crippen LogP contribution in [0.1, 0.15) is 15.9 Å². The summed E-state index contributed by atoms with van der Waals surface area (Å²) in [6.07, 6.45) is 0. The molecule has 4 heteroatoms. The van der Waals surface area contributed by atoms with Crippen LogP contribution in [0.2, 0.25) is 0 Å². The van der Waals surface area contributed by atoms with Crippen LogP contribution in [0.5, 0.6) is 0 Å². The molecule has 0 aliphatic heterocycles. The Morgan fingerprint density at radius 3 is 2.28 bits per heavy atom. The number of carbonyl (C=O) groups is 1. The molecule has 0 unspecified atom stereocenters. The molecule has 0 aliphatic carbocycles. The van der Waals surface area contributed by atoms with Crippen molar-refractivity contribution < 1.29 is 18.8 Å². The van der Waals surface area contributed by atoms with Gasteiger partial charge in [-0.25, -0.2) is 4.79 Å². The van der Waals surface area contributed by atoms with Crippen LogP contribution in [0.4, 0.5) is 0 Å². The smallest absolute Gasteiger partial charge is 0.338 e. The van der Waals surface area contributed by atoms with Crippen molar-refractivity contribution in [1.82, 2.24) is 0 Å². The summed E-state index contributed by atoms with van der Waals surface area (Å²) in [6, 6.07) is 7.28. The van der Waals surface area contributed by atoms with E-state index in [-0.39, 0.29) is 5.97 Å².